The Bertz CT molecular complexity index is 272. The fourth-order valence-corrected chi connectivity index (χ4v) is 1.56. The molecular weight excluding hydrogens is 198 g/mol. The van der Waals surface area contributed by atoms with Gasteiger partial charge in [0, 0.05) is 26.2 Å². The van der Waals surface area contributed by atoms with Crippen LogP contribution >= 0.6 is 0 Å². The van der Waals surface area contributed by atoms with Crippen molar-refractivity contribution in [3.8, 4) is 6.07 Å². The third-order valence-corrected chi connectivity index (χ3v) is 2.30. The first-order chi connectivity index (χ1) is 7.74. The molecule has 0 radical (unpaired) electrons. The van der Waals surface area contributed by atoms with E-state index in [9.17, 15) is 0 Å². The summed E-state index contributed by atoms with van der Waals surface area (Å²) in [6, 6.07) is 2.10. The summed E-state index contributed by atoms with van der Waals surface area (Å²) in [5, 5.41) is 8.83. The zero-order valence-electron chi connectivity index (χ0n) is 10.3. The van der Waals surface area contributed by atoms with Gasteiger partial charge in [0.15, 0.2) is 0 Å². The van der Waals surface area contributed by atoms with Crippen LogP contribution in [0.1, 0.15) is 13.8 Å². The van der Waals surface area contributed by atoms with Crippen LogP contribution in [-0.2, 0) is 0 Å². The van der Waals surface area contributed by atoms with E-state index >= 15 is 0 Å². The zero-order valence-corrected chi connectivity index (χ0v) is 10.3. The fraction of sp³-hybridized carbons (Fsp3) is 0.462. The monoisotopic (exact) mass is 219 g/mol. The van der Waals surface area contributed by atoms with E-state index in [0.717, 1.165) is 32.0 Å². The van der Waals surface area contributed by atoms with Gasteiger partial charge in [-0.05, 0) is 13.8 Å². The van der Waals surface area contributed by atoms with Gasteiger partial charge in [0.1, 0.15) is 5.82 Å². The van der Waals surface area contributed by atoms with Gasteiger partial charge in [0.25, 0.3) is 0 Å². The third-order valence-electron chi connectivity index (χ3n) is 2.30. The largest absolute Gasteiger partial charge is 0.358 e. The van der Waals surface area contributed by atoms with Gasteiger partial charge in [0.05, 0.1) is 12.1 Å². The minimum Gasteiger partial charge on any atom is -0.358 e. The summed E-state index contributed by atoms with van der Waals surface area (Å²) >= 11 is 0. The topological polar surface area (TPSA) is 30.3 Å². The predicted octanol–water partition coefficient (Wildman–Crippen LogP) is 2.37. The number of allylic oxidation sites excluding steroid dienone is 1. The lowest BCUT2D eigenvalue weighted by atomic mass is 10.3. The molecule has 0 fully saturated rings. The Morgan fingerprint density at radius 3 is 1.94 bits per heavy atom. The molecule has 3 nitrogen and oxygen atoms in total. The maximum atomic E-state index is 8.83. The summed E-state index contributed by atoms with van der Waals surface area (Å²) in [6.45, 7) is 14.8. The molecule has 0 saturated carbocycles. The minimum atomic E-state index is 0.718. The van der Waals surface area contributed by atoms with E-state index < -0.39 is 0 Å². The highest BCUT2D eigenvalue weighted by molar-refractivity contribution is 5.13. The highest BCUT2D eigenvalue weighted by Crippen LogP contribution is 2.10. The van der Waals surface area contributed by atoms with E-state index in [0.29, 0.717) is 0 Å². The molecule has 3 heteroatoms. The molecule has 0 atom stereocenters. The van der Waals surface area contributed by atoms with Crippen molar-refractivity contribution in [2.75, 3.05) is 26.2 Å². The Labute approximate surface area is 99.0 Å². The Kier molecular flexibility index (Phi) is 7.70. The molecular formula is C13H21N3. The quantitative estimate of drug-likeness (QED) is 0.464. The third kappa shape index (κ3) is 4.22. The van der Waals surface area contributed by atoms with Gasteiger partial charge in [-0.2, -0.15) is 5.26 Å². The van der Waals surface area contributed by atoms with Crippen molar-refractivity contribution in [1.29, 1.82) is 5.26 Å². The van der Waals surface area contributed by atoms with Crippen LogP contribution in [0.2, 0.25) is 0 Å². The van der Waals surface area contributed by atoms with Gasteiger partial charge in [-0.3, -0.25) is 0 Å². The molecule has 0 aliphatic carbocycles. The highest BCUT2D eigenvalue weighted by Gasteiger charge is 2.11. The van der Waals surface area contributed by atoms with Crippen molar-refractivity contribution in [2.24, 2.45) is 0 Å². The lowest BCUT2D eigenvalue weighted by Gasteiger charge is -2.33. The molecule has 0 N–H and O–H groups in total. The summed E-state index contributed by atoms with van der Waals surface area (Å²) in [5.41, 5.74) is 0. The second-order valence-electron chi connectivity index (χ2n) is 3.29. The Morgan fingerprint density at radius 2 is 1.62 bits per heavy atom. The van der Waals surface area contributed by atoms with E-state index in [2.05, 4.69) is 42.9 Å². The van der Waals surface area contributed by atoms with Gasteiger partial charge in [0.2, 0.25) is 0 Å². The first-order valence-electron chi connectivity index (χ1n) is 5.56. The maximum absolute atomic E-state index is 8.83. The molecule has 0 unspecified atom stereocenters. The first-order valence-corrected chi connectivity index (χ1v) is 5.56. The smallest absolute Gasteiger partial charge is 0.115 e. The van der Waals surface area contributed by atoms with E-state index in [1.807, 2.05) is 12.2 Å². The van der Waals surface area contributed by atoms with Crippen molar-refractivity contribution in [2.45, 2.75) is 13.8 Å². The Morgan fingerprint density at radius 1 is 1.12 bits per heavy atom. The molecule has 0 rings (SSSR count). The first kappa shape index (κ1) is 14.3. The van der Waals surface area contributed by atoms with Crippen LogP contribution in [0.15, 0.2) is 37.2 Å². The van der Waals surface area contributed by atoms with Crippen LogP contribution in [0, 0.1) is 11.3 Å². The van der Waals surface area contributed by atoms with Crippen LogP contribution in [0.5, 0.6) is 0 Å². The van der Waals surface area contributed by atoms with Crippen molar-refractivity contribution in [3.05, 3.63) is 37.2 Å². The number of hydrogen-bond donors (Lipinski definition) is 0. The predicted molar refractivity (Wildman–Crippen MR) is 68.6 cm³/mol. The standard InChI is InChI=1S/C13H21N3/c1-5-11-16(12-6-2)13(9-10-14)15(7-3)8-4/h5-6,9H,1-2,7-8,11-12H2,3-4H3/b13-9+. The fourth-order valence-electron chi connectivity index (χ4n) is 1.56. The second kappa shape index (κ2) is 8.60. The maximum Gasteiger partial charge on any atom is 0.115 e. The zero-order chi connectivity index (χ0) is 12.4. The minimum absolute atomic E-state index is 0.718. The van der Waals surface area contributed by atoms with Crippen LogP contribution < -0.4 is 0 Å². The molecule has 0 amide bonds. The normalized spacial score (nSPS) is 10.4. The molecule has 0 aromatic carbocycles. The number of rotatable bonds is 8. The van der Waals surface area contributed by atoms with Crippen molar-refractivity contribution in [3.63, 3.8) is 0 Å². The van der Waals surface area contributed by atoms with Crippen molar-refractivity contribution >= 4 is 0 Å². The second-order valence-corrected chi connectivity index (χ2v) is 3.29. The van der Waals surface area contributed by atoms with Crippen LogP contribution in [0.3, 0.4) is 0 Å². The summed E-state index contributed by atoms with van der Waals surface area (Å²) in [6.07, 6.45) is 5.25. The molecule has 0 aromatic heterocycles. The molecule has 0 aliphatic rings. The van der Waals surface area contributed by atoms with E-state index in [1.165, 1.54) is 0 Å². The highest BCUT2D eigenvalue weighted by atomic mass is 15.3. The molecule has 0 bridgehead atoms. The summed E-state index contributed by atoms with van der Waals surface area (Å²) in [7, 11) is 0. The Hall–Kier alpha value is -1.69. The van der Waals surface area contributed by atoms with Crippen molar-refractivity contribution < 1.29 is 0 Å². The summed E-state index contributed by atoms with van der Waals surface area (Å²) in [4.78, 5) is 4.23. The Balaban J connectivity index is 4.97. The lowest BCUT2D eigenvalue weighted by molar-refractivity contribution is 0.250. The number of hydrogen-bond acceptors (Lipinski definition) is 3. The molecule has 16 heavy (non-hydrogen) atoms. The average Bonchev–Trinajstić information content (AvgIpc) is 2.29. The molecule has 0 aromatic rings. The lowest BCUT2D eigenvalue weighted by Crippen LogP contribution is -2.35. The molecule has 0 heterocycles. The average molecular weight is 219 g/mol. The molecule has 0 spiro atoms. The van der Waals surface area contributed by atoms with Crippen LogP contribution in [0.4, 0.5) is 0 Å². The molecule has 88 valence electrons. The van der Waals surface area contributed by atoms with E-state index in [-0.39, 0.29) is 0 Å². The van der Waals surface area contributed by atoms with Crippen LogP contribution in [-0.4, -0.2) is 36.0 Å². The number of nitriles is 1. The van der Waals surface area contributed by atoms with E-state index in [1.54, 1.807) is 6.08 Å². The SMILES string of the molecule is C=CCN(CC=C)/C(=C/C#N)N(CC)CC. The van der Waals surface area contributed by atoms with Crippen LogP contribution in [0.25, 0.3) is 0 Å². The molecule has 0 aliphatic heterocycles. The van der Waals surface area contributed by atoms with E-state index in [4.69, 9.17) is 5.26 Å². The van der Waals surface area contributed by atoms with Gasteiger partial charge >= 0.3 is 0 Å². The summed E-state index contributed by atoms with van der Waals surface area (Å²) in [5.74, 6) is 0.937. The van der Waals surface area contributed by atoms with Crippen molar-refractivity contribution in [1.82, 2.24) is 9.80 Å². The van der Waals surface area contributed by atoms with Gasteiger partial charge in [-0.25, -0.2) is 0 Å². The molecule has 0 saturated heterocycles. The summed E-state index contributed by atoms with van der Waals surface area (Å²) < 4.78 is 0. The van der Waals surface area contributed by atoms with Gasteiger partial charge in [-0.15, -0.1) is 13.2 Å². The van der Waals surface area contributed by atoms with Gasteiger partial charge in [-0.1, -0.05) is 12.2 Å². The van der Waals surface area contributed by atoms with Gasteiger partial charge < -0.3 is 9.80 Å². The number of nitrogens with zero attached hydrogens (tertiary/aromatic N) is 3.